The number of hydrogen-bond donors (Lipinski definition) is 0. The smallest absolute Gasteiger partial charge is 0.222 e. The van der Waals surface area contributed by atoms with Gasteiger partial charge in [0.1, 0.15) is 0 Å². The van der Waals surface area contributed by atoms with Crippen LogP contribution in [0, 0.1) is 0 Å². The fraction of sp³-hybridized carbons (Fsp3) is 0.381. The number of rotatable bonds is 6. The molecule has 0 aliphatic carbocycles. The second-order valence-corrected chi connectivity index (χ2v) is 6.36. The summed E-state index contributed by atoms with van der Waals surface area (Å²) in [6.45, 7) is 2.07. The first-order chi connectivity index (χ1) is 11.8. The molecule has 3 rings (SSSR count). The molecule has 24 heavy (non-hydrogen) atoms. The van der Waals surface area contributed by atoms with Crippen LogP contribution in [0.4, 0.5) is 0 Å². The van der Waals surface area contributed by atoms with Gasteiger partial charge in [0.05, 0.1) is 12.7 Å². The van der Waals surface area contributed by atoms with E-state index in [0.29, 0.717) is 19.6 Å². The molecular weight excluding hydrogens is 298 g/mol. The van der Waals surface area contributed by atoms with Crippen molar-refractivity contribution in [3.63, 3.8) is 0 Å². The van der Waals surface area contributed by atoms with Crippen molar-refractivity contribution in [1.82, 2.24) is 4.90 Å². The van der Waals surface area contributed by atoms with E-state index in [0.717, 1.165) is 25.8 Å². The molecule has 0 bridgehead atoms. The van der Waals surface area contributed by atoms with E-state index in [1.165, 1.54) is 11.1 Å². The maximum atomic E-state index is 12.5. The molecular formula is C21H25NO2. The lowest BCUT2D eigenvalue weighted by Gasteiger charge is -2.33. The van der Waals surface area contributed by atoms with Crippen LogP contribution in [0.3, 0.4) is 0 Å². The second-order valence-electron chi connectivity index (χ2n) is 6.36. The van der Waals surface area contributed by atoms with Crippen molar-refractivity contribution >= 4 is 5.91 Å². The maximum absolute atomic E-state index is 12.5. The van der Waals surface area contributed by atoms with Gasteiger partial charge in [0.15, 0.2) is 0 Å². The predicted octanol–water partition coefficient (Wildman–Crippen LogP) is 3.48. The Kier molecular flexibility index (Phi) is 6.02. The standard InChI is InChI=1S/C21H25NO2/c23-21(13-7-12-18-8-3-1-4-9-18)22-14-15-24-20(17-22)16-19-10-5-2-6-11-19/h1-6,8-11,20H,7,12-17H2/t20-/m0/s1. The van der Waals surface area contributed by atoms with E-state index >= 15 is 0 Å². The molecule has 0 N–H and O–H groups in total. The van der Waals surface area contributed by atoms with Gasteiger partial charge in [-0.15, -0.1) is 0 Å². The number of benzene rings is 2. The zero-order valence-electron chi connectivity index (χ0n) is 14.1. The summed E-state index contributed by atoms with van der Waals surface area (Å²) >= 11 is 0. The van der Waals surface area contributed by atoms with Crippen LogP contribution >= 0.6 is 0 Å². The third-order valence-electron chi connectivity index (χ3n) is 4.50. The fourth-order valence-corrected chi connectivity index (χ4v) is 3.19. The zero-order valence-corrected chi connectivity index (χ0v) is 14.1. The van der Waals surface area contributed by atoms with Crippen molar-refractivity contribution in [2.45, 2.75) is 31.8 Å². The van der Waals surface area contributed by atoms with E-state index in [4.69, 9.17) is 4.74 Å². The molecule has 1 heterocycles. The number of ether oxygens (including phenoxy) is 1. The molecule has 0 aromatic heterocycles. The zero-order chi connectivity index (χ0) is 16.6. The molecule has 2 aromatic carbocycles. The first kappa shape index (κ1) is 16.7. The summed E-state index contributed by atoms with van der Waals surface area (Å²) in [5.41, 5.74) is 2.56. The Balaban J connectivity index is 1.44. The number of hydrogen-bond acceptors (Lipinski definition) is 2. The van der Waals surface area contributed by atoms with Crippen molar-refractivity contribution < 1.29 is 9.53 Å². The van der Waals surface area contributed by atoms with E-state index in [-0.39, 0.29) is 12.0 Å². The monoisotopic (exact) mass is 323 g/mol. The molecule has 1 atom stereocenters. The highest BCUT2D eigenvalue weighted by atomic mass is 16.5. The van der Waals surface area contributed by atoms with Gasteiger partial charge >= 0.3 is 0 Å². The summed E-state index contributed by atoms with van der Waals surface area (Å²) in [6, 6.07) is 20.7. The molecule has 3 heteroatoms. The van der Waals surface area contributed by atoms with Crippen LogP contribution in [0.15, 0.2) is 60.7 Å². The number of carbonyl (C=O) groups excluding carboxylic acids is 1. The average molecular weight is 323 g/mol. The van der Waals surface area contributed by atoms with E-state index in [9.17, 15) is 4.79 Å². The van der Waals surface area contributed by atoms with Gasteiger partial charge in [-0.3, -0.25) is 4.79 Å². The molecule has 1 fully saturated rings. The van der Waals surface area contributed by atoms with Gasteiger partial charge in [-0.25, -0.2) is 0 Å². The van der Waals surface area contributed by atoms with E-state index in [1.807, 2.05) is 41.3 Å². The second kappa shape index (κ2) is 8.65. The van der Waals surface area contributed by atoms with Crippen LogP contribution in [0.1, 0.15) is 24.0 Å². The van der Waals surface area contributed by atoms with Crippen LogP contribution in [-0.4, -0.2) is 36.6 Å². The number of aryl methyl sites for hydroxylation is 1. The van der Waals surface area contributed by atoms with Crippen molar-refractivity contribution in [1.29, 1.82) is 0 Å². The Labute approximate surface area is 144 Å². The maximum Gasteiger partial charge on any atom is 0.222 e. The highest BCUT2D eigenvalue weighted by Crippen LogP contribution is 2.14. The molecule has 0 unspecified atom stereocenters. The molecule has 1 amide bonds. The highest BCUT2D eigenvalue weighted by Gasteiger charge is 2.23. The van der Waals surface area contributed by atoms with Crippen molar-refractivity contribution in [3.8, 4) is 0 Å². The minimum atomic E-state index is 0.110. The lowest BCUT2D eigenvalue weighted by molar-refractivity contribution is -0.138. The van der Waals surface area contributed by atoms with E-state index < -0.39 is 0 Å². The van der Waals surface area contributed by atoms with Crippen molar-refractivity contribution in [2.75, 3.05) is 19.7 Å². The topological polar surface area (TPSA) is 29.5 Å². The van der Waals surface area contributed by atoms with Gasteiger partial charge in [0.25, 0.3) is 0 Å². The molecule has 3 nitrogen and oxygen atoms in total. The van der Waals surface area contributed by atoms with Crippen LogP contribution in [0.2, 0.25) is 0 Å². The SMILES string of the molecule is O=C(CCCc1ccccc1)N1CCO[C@@H](Cc2ccccc2)C1. The summed E-state index contributed by atoms with van der Waals surface area (Å²) in [6.07, 6.45) is 3.47. The summed E-state index contributed by atoms with van der Waals surface area (Å²) in [5, 5.41) is 0. The van der Waals surface area contributed by atoms with Crippen LogP contribution in [0.5, 0.6) is 0 Å². The Bertz CT molecular complexity index is 627. The number of morpholine rings is 1. The molecule has 126 valence electrons. The first-order valence-corrected chi connectivity index (χ1v) is 8.78. The minimum absolute atomic E-state index is 0.110. The fourth-order valence-electron chi connectivity index (χ4n) is 3.19. The van der Waals surface area contributed by atoms with Gasteiger partial charge < -0.3 is 9.64 Å². The van der Waals surface area contributed by atoms with Gasteiger partial charge in [-0.05, 0) is 24.0 Å². The third-order valence-corrected chi connectivity index (χ3v) is 4.50. The number of amides is 1. The Morgan fingerprint density at radius 1 is 1.00 bits per heavy atom. The molecule has 2 aromatic rings. The van der Waals surface area contributed by atoms with Crippen molar-refractivity contribution in [2.24, 2.45) is 0 Å². The molecule has 1 aliphatic heterocycles. The van der Waals surface area contributed by atoms with E-state index in [1.54, 1.807) is 0 Å². The lowest BCUT2D eigenvalue weighted by Crippen LogP contribution is -2.46. The number of carbonyl (C=O) groups is 1. The summed E-state index contributed by atoms with van der Waals surface area (Å²) in [4.78, 5) is 14.4. The minimum Gasteiger partial charge on any atom is -0.374 e. The third kappa shape index (κ3) is 4.93. The van der Waals surface area contributed by atoms with Gasteiger partial charge in [0.2, 0.25) is 5.91 Å². The number of nitrogens with zero attached hydrogens (tertiary/aromatic N) is 1. The Hall–Kier alpha value is -2.13. The normalized spacial score (nSPS) is 17.7. The Morgan fingerprint density at radius 2 is 1.67 bits per heavy atom. The van der Waals surface area contributed by atoms with Crippen molar-refractivity contribution in [3.05, 3.63) is 71.8 Å². The first-order valence-electron chi connectivity index (χ1n) is 8.78. The van der Waals surface area contributed by atoms with Crippen LogP contribution < -0.4 is 0 Å². The van der Waals surface area contributed by atoms with Crippen LogP contribution in [0.25, 0.3) is 0 Å². The van der Waals surface area contributed by atoms with Gasteiger partial charge in [-0.1, -0.05) is 60.7 Å². The molecule has 1 aliphatic rings. The van der Waals surface area contributed by atoms with E-state index in [2.05, 4.69) is 24.3 Å². The summed E-state index contributed by atoms with van der Waals surface area (Å²) in [7, 11) is 0. The molecule has 0 saturated carbocycles. The largest absolute Gasteiger partial charge is 0.374 e. The highest BCUT2D eigenvalue weighted by molar-refractivity contribution is 5.76. The summed E-state index contributed by atoms with van der Waals surface area (Å²) in [5.74, 6) is 0.257. The Morgan fingerprint density at radius 3 is 2.38 bits per heavy atom. The quantitative estimate of drug-likeness (QED) is 0.814. The molecule has 1 saturated heterocycles. The van der Waals surface area contributed by atoms with Gasteiger partial charge in [0, 0.05) is 25.9 Å². The predicted molar refractivity (Wildman–Crippen MR) is 95.8 cm³/mol. The van der Waals surface area contributed by atoms with Gasteiger partial charge in [-0.2, -0.15) is 0 Å². The molecule has 0 radical (unpaired) electrons. The summed E-state index contributed by atoms with van der Waals surface area (Å²) < 4.78 is 5.84. The average Bonchev–Trinajstić information content (AvgIpc) is 2.64. The lowest BCUT2D eigenvalue weighted by atomic mass is 10.1. The molecule has 0 spiro atoms. The van der Waals surface area contributed by atoms with Crippen LogP contribution in [-0.2, 0) is 22.4 Å².